The van der Waals surface area contributed by atoms with Gasteiger partial charge in [-0.25, -0.2) is 0 Å². The van der Waals surface area contributed by atoms with Gasteiger partial charge in [0, 0.05) is 0 Å². The van der Waals surface area contributed by atoms with Crippen LogP contribution in [0.1, 0.15) is 38.7 Å². The molecule has 3 heteroatoms. The summed E-state index contributed by atoms with van der Waals surface area (Å²) >= 11 is 0. The molecule has 1 N–H and O–H groups in total. The van der Waals surface area contributed by atoms with Crippen LogP contribution in [0.3, 0.4) is 0 Å². The summed E-state index contributed by atoms with van der Waals surface area (Å²) in [7, 11) is 0. The Morgan fingerprint density at radius 2 is 1.90 bits per heavy atom. The molecule has 1 aromatic carbocycles. The molecule has 1 aromatic rings. The molecule has 0 spiro atoms. The van der Waals surface area contributed by atoms with E-state index in [0.29, 0.717) is 18.8 Å². The molecule has 1 unspecified atom stereocenters. The van der Waals surface area contributed by atoms with Crippen molar-refractivity contribution in [2.24, 2.45) is 17.8 Å². The highest BCUT2D eigenvalue weighted by Crippen LogP contribution is 2.24. The summed E-state index contributed by atoms with van der Waals surface area (Å²) in [5.74, 6) is -1.31. The highest BCUT2D eigenvalue weighted by atomic mass is 16.4. The van der Waals surface area contributed by atoms with Gasteiger partial charge in [0.1, 0.15) is 0 Å². The molecule has 20 heavy (non-hydrogen) atoms. The number of hydrogen-bond acceptors (Lipinski definition) is 2. The van der Waals surface area contributed by atoms with E-state index in [1.54, 1.807) is 0 Å². The van der Waals surface area contributed by atoms with E-state index >= 15 is 0 Å². The number of carboxylic acid groups (broad SMARTS) is 1. The summed E-state index contributed by atoms with van der Waals surface area (Å²) in [4.78, 5) is 11.4. The highest BCUT2D eigenvalue weighted by Gasteiger charge is 2.27. The highest BCUT2D eigenvalue weighted by molar-refractivity contribution is 5.70. The summed E-state index contributed by atoms with van der Waals surface area (Å²) < 4.78 is 0. The van der Waals surface area contributed by atoms with Crippen molar-refractivity contribution in [2.75, 3.05) is 0 Å². The lowest BCUT2D eigenvalue weighted by Crippen LogP contribution is -2.24. The first-order valence-electron chi connectivity index (χ1n) is 7.21. The third kappa shape index (κ3) is 5.44. The lowest BCUT2D eigenvalue weighted by Gasteiger charge is -2.18. The fourth-order valence-corrected chi connectivity index (χ4v) is 2.39. The van der Waals surface area contributed by atoms with Gasteiger partial charge in [-0.3, -0.25) is 4.79 Å². The Balaban J connectivity index is 2.67. The lowest BCUT2D eigenvalue weighted by atomic mass is 9.84. The van der Waals surface area contributed by atoms with Gasteiger partial charge >= 0.3 is 5.97 Å². The predicted molar refractivity (Wildman–Crippen MR) is 79.1 cm³/mol. The Morgan fingerprint density at radius 1 is 1.25 bits per heavy atom. The monoisotopic (exact) mass is 273 g/mol. The van der Waals surface area contributed by atoms with Crippen LogP contribution < -0.4 is 0 Å². The quantitative estimate of drug-likeness (QED) is 0.781. The lowest BCUT2D eigenvalue weighted by molar-refractivity contribution is -0.143. The van der Waals surface area contributed by atoms with Crippen LogP contribution in [-0.2, 0) is 11.2 Å². The summed E-state index contributed by atoms with van der Waals surface area (Å²) in [6.07, 6.45) is 2.96. The maximum absolute atomic E-state index is 11.4. The van der Waals surface area contributed by atoms with Gasteiger partial charge in [-0.1, -0.05) is 57.0 Å². The number of hydrogen-bond donors (Lipinski definition) is 1. The van der Waals surface area contributed by atoms with E-state index in [9.17, 15) is 15.2 Å². The van der Waals surface area contributed by atoms with Gasteiger partial charge in [0.05, 0.1) is 17.9 Å². The molecule has 0 bridgehead atoms. The van der Waals surface area contributed by atoms with Crippen molar-refractivity contribution in [1.29, 1.82) is 5.26 Å². The zero-order chi connectivity index (χ0) is 15.0. The molecule has 1 rings (SSSR count). The van der Waals surface area contributed by atoms with Gasteiger partial charge < -0.3 is 5.11 Å². The first-order valence-corrected chi connectivity index (χ1v) is 7.21. The third-order valence-electron chi connectivity index (χ3n) is 3.56. The van der Waals surface area contributed by atoms with Crippen LogP contribution in [0.2, 0.25) is 0 Å². The van der Waals surface area contributed by atoms with Crippen molar-refractivity contribution in [3.05, 3.63) is 35.9 Å². The zero-order valence-corrected chi connectivity index (χ0v) is 12.2. The van der Waals surface area contributed by atoms with Crippen molar-refractivity contribution in [2.45, 2.75) is 39.5 Å². The fourth-order valence-electron chi connectivity index (χ4n) is 2.39. The standard InChI is InChI=1S/C17H23NO2/c1-13(2)7-6-10-16(17(19)20)15(12-18)11-14-8-4-3-5-9-14/h3-5,8-9,13,15-16H,6-7,10-11H2,1-2H3,(H,19,20)/t15-,16?/m1/s1. The summed E-state index contributed by atoms with van der Waals surface area (Å²) in [6, 6.07) is 11.8. The number of nitriles is 1. The molecule has 0 saturated heterocycles. The second kappa shape index (κ2) is 8.37. The van der Waals surface area contributed by atoms with E-state index in [1.807, 2.05) is 30.3 Å². The van der Waals surface area contributed by atoms with Crippen LogP contribution >= 0.6 is 0 Å². The SMILES string of the molecule is CC(C)CCCC(C(=O)O)[C@@H](C#N)Cc1ccccc1. The molecule has 0 amide bonds. The van der Waals surface area contributed by atoms with E-state index in [1.165, 1.54) is 0 Å². The minimum Gasteiger partial charge on any atom is -0.481 e. The number of aliphatic carboxylic acids is 1. The molecule has 0 fully saturated rings. The van der Waals surface area contributed by atoms with E-state index in [0.717, 1.165) is 18.4 Å². The van der Waals surface area contributed by atoms with Crippen molar-refractivity contribution < 1.29 is 9.90 Å². The Bertz CT molecular complexity index is 448. The molecular weight excluding hydrogens is 250 g/mol. The fraction of sp³-hybridized carbons (Fsp3) is 0.529. The summed E-state index contributed by atoms with van der Waals surface area (Å²) in [6.45, 7) is 4.25. The zero-order valence-electron chi connectivity index (χ0n) is 12.2. The van der Waals surface area contributed by atoms with Crippen LogP contribution in [-0.4, -0.2) is 11.1 Å². The average Bonchev–Trinajstić information content (AvgIpc) is 2.42. The number of benzene rings is 1. The summed E-state index contributed by atoms with van der Waals surface area (Å²) in [5, 5.41) is 18.7. The maximum atomic E-state index is 11.4. The molecular formula is C17H23NO2. The normalized spacial score (nSPS) is 13.7. The third-order valence-corrected chi connectivity index (χ3v) is 3.56. The van der Waals surface area contributed by atoms with Gasteiger partial charge in [-0.05, 0) is 24.3 Å². The second-order valence-electron chi connectivity index (χ2n) is 5.69. The molecule has 2 atom stereocenters. The number of nitrogens with zero attached hydrogens (tertiary/aromatic N) is 1. The Morgan fingerprint density at radius 3 is 2.40 bits per heavy atom. The van der Waals surface area contributed by atoms with E-state index in [2.05, 4.69) is 19.9 Å². The number of rotatable bonds is 8. The van der Waals surface area contributed by atoms with Crippen LogP contribution in [0, 0.1) is 29.1 Å². The average molecular weight is 273 g/mol. The van der Waals surface area contributed by atoms with E-state index in [4.69, 9.17) is 0 Å². The topological polar surface area (TPSA) is 61.1 Å². The Labute approximate surface area is 121 Å². The maximum Gasteiger partial charge on any atom is 0.307 e. The van der Waals surface area contributed by atoms with Gasteiger partial charge in [-0.2, -0.15) is 5.26 Å². The molecule has 0 heterocycles. The van der Waals surface area contributed by atoms with Crippen molar-refractivity contribution in [1.82, 2.24) is 0 Å². The van der Waals surface area contributed by atoms with Crippen molar-refractivity contribution in [3.8, 4) is 6.07 Å². The predicted octanol–water partition coefficient (Wildman–Crippen LogP) is 3.90. The first-order chi connectivity index (χ1) is 9.54. The molecule has 0 aliphatic heterocycles. The van der Waals surface area contributed by atoms with E-state index in [-0.39, 0.29) is 0 Å². The van der Waals surface area contributed by atoms with Crippen LogP contribution in [0.4, 0.5) is 0 Å². The number of carbonyl (C=O) groups is 1. The second-order valence-corrected chi connectivity index (χ2v) is 5.69. The molecule has 0 aliphatic carbocycles. The van der Waals surface area contributed by atoms with Crippen LogP contribution in [0.15, 0.2) is 30.3 Å². The Hall–Kier alpha value is -1.82. The molecule has 0 radical (unpaired) electrons. The summed E-state index contributed by atoms with van der Waals surface area (Å²) in [5.41, 5.74) is 1.02. The minimum absolute atomic E-state index is 0.456. The first kappa shape index (κ1) is 16.2. The van der Waals surface area contributed by atoms with Gasteiger partial charge in [0.25, 0.3) is 0 Å². The molecule has 3 nitrogen and oxygen atoms in total. The molecule has 0 aliphatic rings. The van der Waals surface area contributed by atoms with Crippen LogP contribution in [0.25, 0.3) is 0 Å². The van der Waals surface area contributed by atoms with Crippen LogP contribution in [0.5, 0.6) is 0 Å². The van der Waals surface area contributed by atoms with E-state index < -0.39 is 17.8 Å². The Kier molecular flexibility index (Phi) is 6.79. The van der Waals surface area contributed by atoms with Crippen molar-refractivity contribution in [3.63, 3.8) is 0 Å². The minimum atomic E-state index is -0.851. The number of carboxylic acids is 1. The van der Waals surface area contributed by atoms with Crippen molar-refractivity contribution >= 4 is 5.97 Å². The molecule has 108 valence electrons. The molecule has 0 aromatic heterocycles. The van der Waals surface area contributed by atoms with Gasteiger partial charge in [0.15, 0.2) is 0 Å². The van der Waals surface area contributed by atoms with Gasteiger partial charge in [0.2, 0.25) is 0 Å². The smallest absolute Gasteiger partial charge is 0.307 e. The molecule has 0 saturated carbocycles. The van der Waals surface area contributed by atoms with Gasteiger partial charge in [-0.15, -0.1) is 0 Å². The largest absolute Gasteiger partial charge is 0.481 e.